The topological polar surface area (TPSA) is 15.6 Å². The van der Waals surface area contributed by atoms with Gasteiger partial charge in [-0.3, -0.25) is 4.99 Å². The first kappa shape index (κ1) is 8.31. The lowest BCUT2D eigenvalue weighted by Gasteiger charge is -2.25. The minimum absolute atomic E-state index is 0.442. The maximum absolute atomic E-state index is 4.35. The van der Waals surface area contributed by atoms with Gasteiger partial charge in [-0.2, -0.15) is 0 Å². The smallest absolute Gasteiger partial charge is 0.0608 e. The van der Waals surface area contributed by atoms with Crippen molar-refractivity contribution >= 4 is 6.21 Å². The Morgan fingerprint density at radius 2 is 2.18 bits per heavy atom. The number of allylic oxidation sites excluding steroid dienone is 1. The van der Waals surface area contributed by atoms with Crippen LogP contribution in [-0.4, -0.2) is 24.2 Å². The highest BCUT2D eigenvalue weighted by atomic mass is 15.1. The van der Waals surface area contributed by atoms with E-state index >= 15 is 0 Å². The lowest BCUT2D eigenvalue weighted by molar-refractivity contribution is 0.415. The normalized spacial score (nSPS) is 24.3. The molecule has 1 rings (SSSR count). The van der Waals surface area contributed by atoms with Crippen molar-refractivity contribution in [1.29, 1.82) is 0 Å². The second kappa shape index (κ2) is 3.07. The second-order valence-corrected chi connectivity index (χ2v) is 3.39. The predicted octanol–water partition coefficient (Wildman–Crippen LogP) is 1.89. The van der Waals surface area contributed by atoms with Gasteiger partial charge in [0.25, 0.3) is 0 Å². The number of nitrogens with zero attached hydrogens (tertiary/aromatic N) is 2. The Hall–Kier alpha value is -0.790. The minimum Gasteiger partial charge on any atom is -0.371 e. The summed E-state index contributed by atoms with van der Waals surface area (Å²) < 4.78 is 0. The maximum Gasteiger partial charge on any atom is 0.0608 e. The number of hydrogen-bond acceptors (Lipinski definition) is 2. The van der Waals surface area contributed by atoms with Gasteiger partial charge in [0.05, 0.1) is 11.7 Å². The summed E-state index contributed by atoms with van der Waals surface area (Å²) in [5.74, 6) is 0.529. The van der Waals surface area contributed by atoms with Gasteiger partial charge < -0.3 is 4.90 Å². The standard InChI is InChI=1S/C9H16N2/c1-7(2)9-6-11(4)8(3)5-10-9/h5-8H,1-4H3. The van der Waals surface area contributed by atoms with Crippen molar-refractivity contribution in [3.05, 3.63) is 11.9 Å². The Bertz CT molecular complexity index is 192. The molecule has 2 nitrogen and oxygen atoms in total. The molecule has 11 heavy (non-hydrogen) atoms. The van der Waals surface area contributed by atoms with Crippen molar-refractivity contribution < 1.29 is 0 Å². The molecule has 0 aromatic rings. The molecule has 0 N–H and O–H groups in total. The quantitative estimate of drug-likeness (QED) is 0.560. The summed E-state index contributed by atoms with van der Waals surface area (Å²) in [6, 6.07) is 0.442. The number of rotatable bonds is 1. The number of hydrogen-bond donors (Lipinski definition) is 0. The molecule has 1 unspecified atom stereocenters. The molecule has 0 saturated carbocycles. The third-order valence-corrected chi connectivity index (χ3v) is 2.01. The van der Waals surface area contributed by atoms with Gasteiger partial charge in [-0.15, -0.1) is 0 Å². The van der Waals surface area contributed by atoms with E-state index in [9.17, 15) is 0 Å². The van der Waals surface area contributed by atoms with Gasteiger partial charge in [-0.05, 0) is 12.8 Å². The van der Waals surface area contributed by atoms with E-state index in [0.717, 1.165) is 0 Å². The monoisotopic (exact) mass is 152 g/mol. The van der Waals surface area contributed by atoms with E-state index in [0.29, 0.717) is 12.0 Å². The average Bonchev–Trinajstić information content (AvgIpc) is 1.94. The molecule has 1 aliphatic rings. The van der Waals surface area contributed by atoms with Crippen LogP contribution in [0.5, 0.6) is 0 Å². The molecule has 0 radical (unpaired) electrons. The maximum atomic E-state index is 4.35. The van der Waals surface area contributed by atoms with Crippen LogP contribution in [0.15, 0.2) is 16.9 Å². The molecule has 1 heterocycles. The lowest BCUT2D eigenvalue weighted by atomic mass is 10.1. The summed E-state index contributed by atoms with van der Waals surface area (Å²) in [7, 11) is 2.08. The zero-order valence-corrected chi connectivity index (χ0v) is 7.70. The Balaban J connectivity index is 2.72. The van der Waals surface area contributed by atoms with Crippen LogP contribution >= 0.6 is 0 Å². The molecule has 62 valence electrons. The van der Waals surface area contributed by atoms with E-state index in [-0.39, 0.29) is 0 Å². The second-order valence-electron chi connectivity index (χ2n) is 3.39. The summed E-state index contributed by atoms with van der Waals surface area (Å²) in [5, 5.41) is 0. The van der Waals surface area contributed by atoms with E-state index in [1.807, 2.05) is 6.21 Å². The molecule has 2 heteroatoms. The predicted molar refractivity (Wildman–Crippen MR) is 48.6 cm³/mol. The van der Waals surface area contributed by atoms with E-state index in [2.05, 4.69) is 43.9 Å². The van der Waals surface area contributed by atoms with Crippen LogP contribution < -0.4 is 0 Å². The van der Waals surface area contributed by atoms with Crippen molar-refractivity contribution in [2.45, 2.75) is 26.8 Å². The third kappa shape index (κ3) is 1.82. The van der Waals surface area contributed by atoms with Gasteiger partial charge in [-0.25, -0.2) is 0 Å². The SMILES string of the molecule is CC(C)C1=CN(C)C(C)C=N1. The molecule has 0 bridgehead atoms. The first-order valence-electron chi connectivity index (χ1n) is 4.09. The van der Waals surface area contributed by atoms with Gasteiger partial charge >= 0.3 is 0 Å². The largest absolute Gasteiger partial charge is 0.371 e. The zero-order chi connectivity index (χ0) is 8.43. The van der Waals surface area contributed by atoms with Gasteiger partial charge in [0.15, 0.2) is 0 Å². The van der Waals surface area contributed by atoms with Crippen LogP contribution in [0, 0.1) is 5.92 Å². The van der Waals surface area contributed by atoms with Crippen molar-refractivity contribution in [2.24, 2.45) is 10.9 Å². The Kier molecular flexibility index (Phi) is 2.32. The van der Waals surface area contributed by atoms with Crippen LogP contribution in [0.25, 0.3) is 0 Å². The highest BCUT2D eigenvalue weighted by Gasteiger charge is 2.11. The van der Waals surface area contributed by atoms with E-state index in [1.165, 1.54) is 5.70 Å². The third-order valence-electron chi connectivity index (χ3n) is 2.01. The van der Waals surface area contributed by atoms with Crippen LogP contribution in [0.4, 0.5) is 0 Å². The van der Waals surface area contributed by atoms with Crippen LogP contribution in [-0.2, 0) is 0 Å². The summed E-state index contributed by atoms with van der Waals surface area (Å²) in [6.07, 6.45) is 4.12. The van der Waals surface area contributed by atoms with Crippen molar-refractivity contribution in [3.63, 3.8) is 0 Å². The van der Waals surface area contributed by atoms with Crippen molar-refractivity contribution in [1.82, 2.24) is 4.90 Å². The molecule has 0 saturated heterocycles. The summed E-state index contributed by atoms with van der Waals surface area (Å²) in [5.41, 5.74) is 1.17. The minimum atomic E-state index is 0.442. The first-order chi connectivity index (χ1) is 5.11. The van der Waals surface area contributed by atoms with Crippen molar-refractivity contribution in [3.8, 4) is 0 Å². The fraction of sp³-hybridized carbons (Fsp3) is 0.667. The van der Waals surface area contributed by atoms with Crippen molar-refractivity contribution in [2.75, 3.05) is 7.05 Å². The Morgan fingerprint density at radius 1 is 1.55 bits per heavy atom. The average molecular weight is 152 g/mol. The molecule has 0 aromatic heterocycles. The van der Waals surface area contributed by atoms with Gasteiger partial charge in [-0.1, -0.05) is 13.8 Å². The summed E-state index contributed by atoms with van der Waals surface area (Å²) >= 11 is 0. The van der Waals surface area contributed by atoms with Crippen LogP contribution in [0.2, 0.25) is 0 Å². The van der Waals surface area contributed by atoms with Gasteiger partial charge in [0.2, 0.25) is 0 Å². The molecule has 0 aliphatic carbocycles. The molecule has 1 aliphatic heterocycles. The molecule has 0 aromatic carbocycles. The van der Waals surface area contributed by atoms with E-state index in [4.69, 9.17) is 0 Å². The Labute approximate surface area is 68.6 Å². The fourth-order valence-electron chi connectivity index (χ4n) is 0.957. The van der Waals surface area contributed by atoms with E-state index < -0.39 is 0 Å². The fourth-order valence-corrected chi connectivity index (χ4v) is 0.957. The van der Waals surface area contributed by atoms with Gasteiger partial charge in [0.1, 0.15) is 0 Å². The van der Waals surface area contributed by atoms with Crippen LogP contribution in [0.3, 0.4) is 0 Å². The lowest BCUT2D eigenvalue weighted by Crippen LogP contribution is -2.28. The Morgan fingerprint density at radius 3 is 2.64 bits per heavy atom. The molecule has 1 atom stereocenters. The van der Waals surface area contributed by atoms with Gasteiger partial charge in [0, 0.05) is 19.5 Å². The summed E-state index contributed by atoms with van der Waals surface area (Å²) in [6.45, 7) is 6.46. The molecular formula is C9H16N2. The summed E-state index contributed by atoms with van der Waals surface area (Å²) in [4.78, 5) is 6.54. The van der Waals surface area contributed by atoms with E-state index in [1.54, 1.807) is 0 Å². The zero-order valence-electron chi connectivity index (χ0n) is 7.70. The molecule has 0 fully saturated rings. The highest BCUT2D eigenvalue weighted by Crippen LogP contribution is 2.15. The highest BCUT2D eigenvalue weighted by molar-refractivity contribution is 5.66. The van der Waals surface area contributed by atoms with Crippen LogP contribution in [0.1, 0.15) is 20.8 Å². The molecule has 0 amide bonds. The number of aliphatic imine (C=N–C) groups is 1. The molecular weight excluding hydrogens is 136 g/mol. The molecule has 0 spiro atoms. The first-order valence-corrected chi connectivity index (χ1v) is 4.09.